The molecule has 0 saturated carbocycles. The number of aryl methyl sites for hydroxylation is 1. The lowest BCUT2D eigenvalue weighted by Crippen LogP contribution is -2.23. The van der Waals surface area contributed by atoms with Gasteiger partial charge >= 0.3 is 0 Å². The predicted molar refractivity (Wildman–Crippen MR) is 105 cm³/mol. The van der Waals surface area contributed by atoms with Gasteiger partial charge in [-0.15, -0.1) is 0 Å². The Bertz CT molecular complexity index is 1300. The van der Waals surface area contributed by atoms with Crippen LogP contribution in [0.1, 0.15) is 11.3 Å². The minimum Gasteiger partial charge on any atom is -0.308 e. The normalized spacial score (nSPS) is 11.0. The first kappa shape index (κ1) is 17.5. The van der Waals surface area contributed by atoms with Gasteiger partial charge in [-0.1, -0.05) is 30.3 Å². The number of fused-ring (bicyclic) bond motifs is 1. The van der Waals surface area contributed by atoms with Crippen molar-refractivity contribution in [2.24, 2.45) is 0 Å². The number of nitrogens with one attached hydrogen (secondary N) is 1. The molecule has 4 aromatic rings. The highest BCUT2D eigenvalue weighted by atomic mass is 16.6. The average molecular weight is 376 g/mol. The molecule has 1 N–H and O–H groups in total. The molecule has 0 atom stereocenters. The van der Waals surface area contributed by atoms with Crippen molar-refractivity contribution >= 4 is 16.6 Å². The minimum atomic E-state index is -0.502. The molecule has 28 heavy (non-hydrogen) atoms. The molecule has 0 bridgehead atoms. The van der Waals surface area contributed by atoms with Gasteiger partial charge in [0.15, 0.2) is 0 Å². The Labute approximate surface area is 158 Å². The minimum absolute atomic E-state index is 0.0633. The molecule has 140 valence electrons. The van der Waals surface area contributed by atoms with Crippen molar-refractivity contribution < 1.29 is 4.92 Å². The molecule has 2 heterocycles. The zero-order chi connectivity index (χ0) is 19.8. The van der Waals surface area contributed by atoms with Crippen LogP contribution in [0.15, 0.2) is 70.3 Å². The molecule has 0 amide bonds. The smallest absolute Gasteiger partial charge is 0.280 e. The summed E-state index contributed by atoms with van der Waals surface area (Å²) in [4.78, 5) is 35.9. The summed E-state index contributed by atoms with van der Waals surface area (Å²) in [5.74, 6) is 0. The molecule has 0 fully saturated rings. The van der Waals surface area contributed by atoms with Crippen molar-refractivity contribution in [2.45, 2.75) is 13.5 Å². The molecule has 0 aliphatic heterocycles. The standard InChI is InChI=1S/C20H16N4O4/c1-13-19-17(11-18(25)22(13)12-14-5-3-2-4-6-14)21-23(20(19)26)15-7-9-16(10-8-15)24(27)28/h2-11,21H,12H2,1H3. The number of pyridine rings is 1. The maximum atomic E-state index is 13.0. The summed E-state index contributed by atoms with van der Waals surface area (Å²) in [6, 6.07) is 16.6. The lowest BCUT2D eigenvalue weighted by Gasteiger charge is -2.10. The van der Waals surface area contributed by atoms with Crippen LogP contribution in [0.5, 0.6) is 0 Å². The molecule has 8 heteroatoms. The molecule has 0 aliphatic carbocycles. The third-order valence-corrected chi connectivity index (χ3v) is 4.72. The highest BCUT2D eigenvalue weighted by molar-refractivity contribution is 5.80. The number of aromatic amines is 1. The zero-order valence-electron chi connectivity index (χ0n) is 15.0. The van der Waals surface area contributed by atoms with E-state index in [-0.39, 0.29) is 16.8 Å². The Morgan fingerprint density at radius 2 is 1.71 bits per heavy atom. The molecule has 0 aliphatic rings. The van der Waals surface area contributed by atoms with Crippen LogP contribution < -0.4 is 11.1 Å². The molecule has 2 aromatic carbocycles. The second-order valence-corrected chi connectivity index (χ2v) is 6.45. The van der Waals surface area contributed by atoms with Gasteiger partial charge in [0.1, 0.15) is 0 Å². The van der Waals surface area contributed by atoms with Crippen LogP contribution in [0.2, 0.25) is 0 Å². The van der Waals surface area contributed by atoms with Crippen LogP contribution in [0.4, 0.5) is 5.69 Å². The molecular weight excluding hydrogens is 360 g/mol. The van der Waals surface area contributed by atoms with E-state index in [1.807, 2.05) is 30.3 Å². The summed E-state index contributed by atoms with van der Waals surface area (Å²) in [5.41, 5.74) is 1.80. The monoisotopic (exact) mass is 376 g/mol. The molecular formula is C20H16N4O4. The predicted octanol–water partition coefficient (Wildman–Crippen LogP) is 2.75. The fourth-order valence-electron chi connectivity index (χ4n) is 3.28. The number of nitro groups is 1. The number of hydrogen-bond donors (Lipinski definition) is 1. The van der Waals surface area contributed by atoms with E-state index in [9.17, 15) is 19.7 Å². The van der Waals surface area contributed by atoms with E-state index < -0.39 is 4.92 Å². The Balaban J connectivity index is 1.85. The van der Waals surface area contributed by atoms with Crippen molar-refractivity contribution in [3.8, 4) is 5.69 Å². The number of nitro benzene ring substituents is 1. The SMILES string of the molecule is Cc1c2c(=O)n(-c3ccc([N+](=O)[O-])cc3)[nH]c2cc(=O)n1Cc1ccccc1. The number of hydrogen-bond acceptors (Lipinski definition) is 4. The van der Waals surface area contributed by atoms with Gasteiger partial charge in [-0.25, -0.2) is 4.68 Å². The first-order chi connectivity index (χ1) is 13.5. The summed E-state index contributed by atoms with van der Waals surface area (Å²) in [6.07, 6.45) is 0. The first-order valence-corrected chi connectivity index (χ1v) is 8.59. The van der Waals surface area contributed by atoms with Gasteiger partial charge in [0.05, 0.1) is 28.1 Å². The van der Waals surface area contributed by atoms with E-state index in [0.29, 0.717) is 28.8 Å². The van der Waals surface area contributed by atoms with Gasteiger partial charge in [-0.3, -0.25) is 24.8 Å². The fraction of sp³-hybridized carbons (Fsp3) is 0.100. The quantitative estimate of drug-likeness (QED) is 0.437. The Hall–Kier alpha value is -3.94. The average Bonchev–Trinajstić information content (AvgIpc) is 3.02. The Morgan fingerprint density at radius 3 is 2.36 bits per heavy atom. The van der Waals surface area contributed by atoms with Crippen LogP contribution in [0.25, 0.3) is 16.6 Å². The van der Waals surface area contributed by atoms with E-state index in [1.54, 1.807) is 11.5 Å². The number of non-ortho nitro benzene ring substituents is 1. The van der Waals surface area contributed by atoms with E-state index in [0.717, 1.165) is 5.56 Å². The van der Waals surface area contributed by atoms with Crippen molar-refractivity contribution in [3.05, 3.63) is 103 Å². The van der Waals surface area contributed by atoms with Gasteiger partial charge in [-0.05, 0) is 24.6 Å². The van der Waals surface area contributed by atoms with Crippen molar-refractivity contribution in [1.29, 1.82) is 0 Å². The highest BCUT2D eigenvalue weighted by Gasteiger charge is 2.16. The second-order valence-electron chi connectivity index (χ2n) is 6.45. The van der Waals surface area contributed by atoms with E-state index in [2.05, 4.69) is 5.10 Å². The molecule has 0 unspecified atom stereocenters. The van der Waals surface area contributed by atoms with Crippen LogP contribution in [0.3, 0.4) is 0 Å². The number of nitrogens with zero attached hydrogens (tertiary/aromatic N) is 3. The molecule has 8 nitrogen and oxygen atoms in total. The van der Waals surface area contributed by atoms with Crippen molar-refractivity contribution in [2.75, 3.05) is 0 Å². The summed E-state index contributed by atoms with van der Waals surface area (Å²) >= 11 is 0. The van der Waals surface area contributed by atoms with Crippen LogP contribution in [0, 0.1) is 17.0 Å². The third-order valence-electron chi connectivity index (χ3n) is 4.72. The lowest BCUT2D eigenvalue weighted by molar-refractivity contribution is -0.384. The van der Waals surface area contributed by atoms with E-state index in [1.165, 1.54) is 35.0 Å². The lowest BCUT2D eigenvalue weighted by atomic mass is 10.2. The molecule has 2 aromatic heterocycles. The van der Waals surface area contributed by atoms with Gasteiger partial charge in [0, 0.05) is 23.9 Å². The zero-order valence-corrected chi connectivity index (χ0v) is 15.0. The Morgan fingerprint density at radius 1 is 1.04 bits per heavy atom. The summed E-state index contributed by atoms with van der Waals surface area (Å²) in [6.45, 7) is 2.10. The fourth-order valence-corrected chi connectivity index (χ4v) is 3.28. The van der Waals surface area contributed by atoms with Crippen LogP contribution in [-0.2, 0) is 6.54 Å². The molecule has 0 spiro atoms. The largest absolute Gasteiger partial charge is 0.308 e. The van der Waals surface area contributed by atoms with Crippen molar-refractivity contribution in [1.82, 2.24) is 14.3 Å². The van der Waals surface area contributed by atoms with Gasteiger partial charge in [-0.2, -0.15) is 0 Å². The molecule has 0 saturated heterocycles. The molecule has 4 rings (SSSR count). The number of rotatable bonds is 4. The van der Waals surface area contributed by atoms with Gasteiger partial charge in [0.2, 0.25) is 0 Å². The Kier molecular flexibility index (Phi) is 4.15. The maximum absolute atomic E-state index is 13.0. The number of H-pyrrole nitrogens is 1. The van der Waals surface area contributed by atoms with E-state index >= 15 is 0 Å². The van der Waals surface area contributed by atoms with Crippen molar-refractivity contribution in [3.63, 3.8) is 0 Å². The van der Waals surface area contributed by atoms with Gasteiger partial charge in [0.25, 0.3) is 16.8 Å². The highest BCUT2D eigenvalue weighted by Crippen LogP contribution is 2.17. The maximum Gasteiger partial charge on any atom is 0.280 e. The third kappa shape index (κ3) is 2.90. The van der Waals surface area contributed by atoms with Crippen LogP contribution >= 0.6 is 0 Å². The number of aromatic nitrogens is 3. The topological polar surface area (TPSA) is 103 Å². The second kappa shape index (κ2) is 6.66. The van der Waals surface area contributed by atoms with Crippen LogP contribution in [-0.4, -0.2) is 19.3 Å². The summed E-state index contributed by atoms with van der Waals surface area (Å²) < 4.78 is 2.85. The first-order valence-electron chi connectivity index (χ1n) is 8.59. The molecule has 0 radical (unpaired) electrons. The summed E-state index contributed by atoms with van der Waals surface area (Å²) in [5, 5.41) is 14.2. The summed E-state index contributed by atoms with van der Waals surface area (Å²) in [7, 11) is 0. The van der Waals surface area contributed by atoms with Gasteiger partial charge < -0.3 is 4.57 Å². The number of benzene rings is 2. The van der Waals surface area contributed by atoms with E-state index in [4.69, 9.17) is 0 Å².